The van der Waals surface area contributed by atoms with Crippen LogP contribution in [0.3, 0.4) is 0 Å². The number of nitriles is 1. The van der Waals surface area contributed by atoms with Crippen LogP contribution in [0.25, 0.3) is 0 Å². The highest BCUT2D eigenvalue weighted by Gasteiger charge is 2.34. The molecular weight excluding hydrogens is 236 g/mol. The topological polar surface area (TPSA) is 69.9 Å². The third kappa shape index (κ3) is 2.29. The number of hydrogen-bond donors (Lipinski definition) is 0. The predicted octanol–water partition coefficient (Wildman–Crippen LogP) is 0.696. The molecule has 1 fully saturated rings. The van der Waals surface area contributed by atoms with Crippen molar-refractivity contribution in [3.8, 4) is 6.07 Å². The van der Waals surface area contributed by atoms with Crippen molar-refractivity contribution in [2.75, 3.05) is 23.7 Å². The maximum Gasteiger partial charge on any atom is 0.183 e. The Hall–Kier alpha value is -1.48. The van der Waals surface area contributed by atoms with Gasteiger partial charge in [-0.1, -0.05) is 0 Å². The second-order valence-corrected chi connectivity index (χ2v) is 6.78. The van der Waals surface area contributed by atoms with E-state index in [1.54, 1.807) is 6.20 Å². The minimum absolute atomic E-state index is 0.275. The van der Waals surface area contributed by atoms with Gasteiger partial charge < -0.3 is 4.90 Å². The van der Waals surface area contributed by atoms with E-state index in [9.17, 15) is 4.21 Å². The Kier molecular flexibility index (Phi) is 3.11. The zero-order valence-corrected chi connectivity index (χ0v) is 10.7. The predicted molar refractivity (Wildman–Crippen MR) is 66.0 cm³/mol. The minimum Gasteiger partial charge on any atom is -0.352 e. The molecular formula is C11H14N4OS. The number of nitrogens with zero attached hydrogens (tertiary/aromatic N) is 4. The third-order valence-corrected chi connectivity index (χ3v) is 4.73. The van der Waals surface area contributed by atoms with Gasteiger partial charge in [0.2, 0.25) is 0 Å². The average Bonchev–Trinajstić information content (AvgIpc) is 2.32. The van der Waals surface area contributed by atoms with Crippen LogP contribution in [-0.2, 0) is 10.8 Å². The van der Waals surface area contributed by atoms with Crippen LogP contribution in [0.1, 0.15) is 19.5 Å². The van der Waals surface area contributed by atoms with Crippen molar-refractivity contribution in [1.29, 1.82) is 5.26 Å². The summed E-state index contributed by atoms with van der Waals surface area (Å²) < 4.78 is 11.6. The molecule has 5 nitrogen and oxygen atoms in total. The summed E-state index contributed by atoms with van der Waals surface area (Å²) in [5, 5.41) is 8.99. The highest BCUT2D eigenvalue weighted by Crippen LogP contribution is 2.25. The van der Waals surface area contributed by atoms with E-state index < -0.39 is 10.8 Å². The zero-order chi connectivity index (χ0) is 12.5. The van der Waals surface area contributed by atoms with Crippen molar-refractivity contribution >= 4 is 16.6 Å². The molecule has 0 unspecified atom stereocenters. The Morgan fingerprint density at radius 3 is 2.82 bits per heavy atom. The number of anilines is 1. The standard InChI is InChI=1S/C11H14N4OS/c1-11(2)8-15(5-6-17(11)16)10-9(7-12)13-3-4-14-10/h3-4H,5-6,8H2,1-2H3/t17-/m1/s1. The normalized spacial score (nSPS) is 23.1. The lowest BCUT2D eigenvalue weighted by molar-refractivity contribution is 0.586. The largest absolute Gasteiger partial charge is 0.352 e. The summed E-state index contributed by atoms with van der Waals surface area (Å²) in [5.41, 5.74) is 0.330. The fraction of sp³-hybridized carbons (Fsp3) is 0.545. The lowest BCUT2D eigenvalue weighted by Gasteiger charge is -2.37. The van der Waals surface area contributed by atoms with Gasteiger partial charge in [0.05, 0.1) is 4.75 Å². The van der Waals surface area contributed by atoms with Gasteiger partial charge in [-0.25, -0.2) is 9.97 Å². The molecule has 0 aromatic carbocycles. The summed E-state index contributed by atoms with van der Waals surface area (Å²) in [6.07, 6.45) is 3.09. The van der Waals surface area contributed by atoms with Crippen molar-refractivity contribution in [3.63, 3.8) is 0 Å². The monoisotopic (exact) mass is 250 g/mol. The maximum atomic E-state index is 11.8. The van der Waals surface area contributed by atoms with E-state index >= 15 is 0 Å². The second kappa shape index (κ2) is 4.41. The molecule has 0 bridgehead atoms. The van der Waals surface area contributed by atoms with Gasteiger partial charge in [-0.3, -0.25) is 4.21 Å². The van der Waals surface area contributed by atoms with Crippen LogP contribution in [0.5, 0.6) is 0 Å². The Morgan fingerprint density at radius 1 is 1.47 bits per heavy atom. The van der Waals surface area contributed by atoms with Crippen LogP contribution in [0, 0.1) is 11.3 Å². The first-order valence-electron chi connectivity index (χ1n) is 5.39. The highest BCUT2D eigenvalue weighted by molar-refractivity contribution is 7.86. The van der Waals surface area contributed by atoms with Crippen LogP contribution in [0.2, 0.25) is 0 Å². The molecule has 1 aromatic heterocycles. The Labute approximate surface area is 103 Å². The fourth-order valence-corrected chi connectivity index (χ4v) is 3.14. The number of aromatic nitrogens is 2. The molecule has 1 atom stereocenters. The van der Waals surface area contributed by atoms with E-state index in [2.05, 4.69) is 9.97 Å². The van der Waals surface area contributed by atoms with E-state index in [0.29, 0.717) is 30.4 Å². The Bertz CT molecular complexity index is 494. The average molecular weight is 250 g/mol. The van der Waals surface area contributed by atoms with Gasteiger partial charge in [-0.2, -0.15) is 5.26 Å². The molecule has 0 spiro atoms. The molecule has 1 saturated heterocycles. The van der Waals surface area contributed by atoms with E-state index in [1.165, 1.54) is 6.20 Å². The minimum atomic E-state index is -0.826. The Balaban J connectivity index is 2.30. The number of rotatable bonds is 1. The van der Waals surface area contributed by atoms with Crippen molar-refractivity contribution < 1.29 is 4.21 Å². The lowest BCUT2D eigenvalue weighted by atomic mass is 10.2. The smallest absolute Gasteiger partial charge is 0.183 e. The van der Waals surface area contributed by atoms with E-state index in [4.69, 9.17) is 5.26 Å². The molecule has 0 radical (unpaired) electrons. The fourth-order valence-electron chi connectivity index (χ4n) is 1.90. The molecule has 1 aliphatic rings. The maximum absolute atomic E-state index is 11.8. The first-order chi connectivity index (χ1) is 8.04. The molecule has 1 aliphatic heterocycles. The van der Waals surface area contributed by atoms with Crippen molar-refractivity contribution in [2.24, 2.45) is 0 Å². The van der Waals surface area contributed by atoms with E-state index in [-0.39, 0.29) is 4.75 Å². The van der Waals surface area contributed by atoms with Crippen LogP contribution < -0.4 is 4.90 Å². The van der Waals surface area contributed by atoms with E-state index in [0.717, 1.165) is 0 Å². The van der Waals surface area contributed by atoms with Crippen LogP contribution in [0.4, 0.5) is 5.82 Å². The van der Waals surface area contributed by atoms with Crippen LogP contribution in [-0.4, -0.2) is 37.8 Å². The summed E-state index contributed by atoms with van der Waals surface area (Å²) in [7, 11) is -0.826. The molecule has 2 heterocycles. The summed E-state index contributed by atoms with van der Waals surface area (Å²) in [4.78, 5) is 10.2. The van der Waals surface area contributed by atoms with E-state index in [1.807, 2.05) is 24.8 Å². The third-order valence-electron chi connectivity index (χ3n) is 2.82. The quantitative estimate of drug-likeness (QED) is 0.733. The van der Waals surface area contributed by atoms with Crippen LogP contribution in [0.15, 0.2) is 12.4 Å². The van der Waals surface area contributed by atoms with Crippen molar-refractivity contribution in [1.82, 2.24) is 9.97 Å². The molecule has 2 rings (SSSR count). The van der Waals surface area contributed by atoms with Gasteiger partial charge in [0, 0.05) is 42.0 Å². The molecule has 17 heavy (non-hydrogen) atoms. The second-order valence-electron chi connectivity index (χ2n) is 4.57. The molecule has 0 N–H and O–H groups in total. The van der Waals surface area contributed by atoms with Gasteiger partial charge in [0.1, 0.15) is 6.07 Å². The first kappa shape index (κ1) is 12.0. The molecule has 0 amide bonds. The zero-order valence-electron chi connectivity index (χ0n) is 9.88. The van der Waals surface area contributed by atoms with Gasteiger partial charge in [-0.05, 0) is 13.8 Å². The van der Waals surface area contributed by atoms with Crippen LogP contribution >= 0.6 is 0 Å². The summed E-state index contributed by atoms with van der Waals surface area (Å²) in [5.74, 6) is 1.20. The summed E-state index contributed by atoms with van der Waals surface area (Å²) in [6.45, 7) is 5.23. The lowest BCUT2D eigenvalue weighted by Crippen LogP contribution is -2.50. The van der Waals surface area contributed by atoms with Gasteiger partial charge in [0.15, 0.2) is 11.5 Å². The summed E-state index contributed by atoms with van der Waals surface area (Å²) in [6, 6.07) is 2.04. The SMILES string of the molecule is CC1(C)CN(c2nccnc2C#N)CC[S@]1=O. The number of hydrogen-bond acceptors (Lipinski definition) is 5. The molecule has 90 valence electrons. The molecule has 0 saturated carbocycles. The molecule has 6 heteroatoms. The van der Waals surface area contributed by atoms with Gasteiger partial charge in [-0.15, -0.1) is 0 Å². The van der Waals surface area contributed by atoms with Gasteiger partial charge >= 0.3 is 0 Å². The summed E-state index contributed by atoms with van der Waals surface area (Å²) >= 11 is 0. The Morgan fingerprint density at radius 2 is 2.18 bits per heavy atom. The molecule has 0 aliphatic carbocycles. The van der Waals surface area contributed by atoms with Crippen molar-refractivity contribution in [3.05, 3.63) is 18.1 Å². The van der Waals surface area contributed by atoms with Gasteiger partial charge in [0.25, 0.3) is 0 Å². The van der Waals surface area contributed by atoms with Crippen molar-refractivity contribution in [2.45, 2.75) is 18.6 Å². The molecule has 1 aromatic rings. The highest BCUT2D eigenvalue weighted by atomic mass is 32.2. The first-order valence-corrected chi connectivity index (χ1v) is 6.71.